The van der Waals surface area contributed by atoms with Gasteiger partial charge < -0.3 is 20.1 Å². The van der Waals surface area contributed by atoms with Gasteiger partial charge >= 0.3 is 6.03 Å². The molecule has 0 aromatic heterocycles. The average Bonchev–Trinajstić information content (AvgIpc) is 2.79. The number of hydrogen-bond donors (Lipinski definition) is 2. The maximum absolute atomic E-state index is 12.2. The fourth-order valence-corrected chi connectivity index (χ4v) is 3.93. The van der Waals surface area contributed by atoms with E-state index >= 15 is 0 Å². The number of benzene rings is 1. The predicted octanol–water partition coefficient (Wildman–Crippen LogP) is 1.74. The second-order valence-corrected chi connectivity index (χ2v) is 8.81. The van der Waals surface area contributed by atoms with Crippen molar-refractivity contribution in [3.8, 4) is 11.5 Å². The Morgan fingerprint density at radius 3 is 2.72 bits per heavy atom. The number of carbonyl (C=O) groups is 1. The van der Waals surface area contributed by atoms with E-state index in [4.69, 9.17) is 9.47 Å². The molecule has 0 radical (unpaired) electrons. The summed E-state index contributed by atoms with van der Waals surface area (Å²) < 4.78 is 35.9. The maximum atomic E-state index is 12.2. The van der Waals surface area contributed by atoms with Gasteiger partial charge in [-0.15, -0.1) is 0 Å². The molecule has 1 atom stereocenters. The Bertz CT molecular complexity index is 778. The number of sulfonamides is 1. The van der Waals surface area contributed by atoms with Gasteiger partial charge in [0.25, 0.3) is 0 Å². The van der Waals surface area contributed by atoms with Gasteiger partial charge in [0.1, 0.15) is 0 Å². The monoisotopic (exact) mass is 369 g/mol. The zero-order valence-electron chi connectivity index (χ0n) is 14.5. The van der Waals surface area contributed by atoms with Crippen LogP contribution in [0.5, 0.6) is 11.5 Å². The molecular weight excluding hydrogens is 346 g/mol. The molecule has 0 aliphatic carbocycles. The number of hydrogen-bond acceptors (Lipinski definition) is 5. The summed E-state index contributed by atoms with van der Waals surface area (Å²) in [5.41, 5.74) is 0.577. The zero-order valence-corrected chi connectivity index (χ0v) is 15.4. The van der Waals surface area contributed by atoms with E-state index in [1.54, 1.807) is 18.2 Å². The van der Waals surface area contributed by atoms with Gasteiger partial charge in [-0.3, -0.25) is 0 Å². The second kappa shape index (κ2) is 6.38. The lowest BCUT2D eigenvalue weighted by Crippen LogP contribution is -2.50. The normalized spacial score (nSPS) is 22.4. The molecule has 3 rings (SSSR count). The van der Waals surface area contributed by atoms with E-state index in [1.807, 2.05) is 13.8 Å². The second-order valence-electron chi connectivity index (χ2n) is 6.82. The summed E-state index contributed by atoms with van der Waals surface area (Å²) in [7, 11) is -3.24. The SMILES string of the molecule is CC1(C)Oc2ccc(NC(=O)NC3CCCN(S(C)(=O)=O)C3)cc2O1. The van der Waals surface area contributed by atoms with Crippen LogP contribution in [-0.2, 0) is 10.0 Å². The largest absolute Gasteiger partial charge is 0.449 e. The van der Waals surface area contributed by atoms with E-state index in [1.165, 1.54) is 10.6 Å². The Morgan fingerprint density at radius 2 is 2.00 bits per heavy atom. The Balaban J connectivity index is 1.58. The fourth-order valence-electron chi connectivity index (χ4n) is 3.01. The Morgan fingerprint density at radius 1 is 1.28 bits per heavy atom. The van der Waals surface area contributed by atoms with Crippen LogP contribution in [-0.4, -0.2) is 49.9 Å². The quantitative estimate of drug-likeness (QED) is 0.846. The van der Waals surface area contributed by atoms with Gasteiger partial charge in [0.15, 0.2) is 11.5 Å². The molecule has 1 fully saturated rings. The summed E-state index contributed by atoms with van der Waals surface area (Å²) >= 11 is 0. The number of ether oxygens (including phenoxy) is 2. The molecule has 0 bridgehead atoms. The molecule has 9 heteroatoms. The third-order valence-electron chi connectivity index (χ3n) is 4.10. The van der Waals surface area contributed by atoms with Crippen molar-refractivity contribution >= 4 is 21.7 Å². The lowest BCUT2D eigenvalue weighted by atomic mass is 10.1. The van der Waals surface area contributed by atoms with Crippen molar-refractivity contribution in [2.45, 2.75) is 38.5 Å². The molecule has 0 saturated carbocycles. The minimum atomic E-state index is -3.24. The smallest absolute Gasteiger partial charge is 0.319 e. The number of anilines is 1. The molecule has 2 N–H and O–H groups in total. The Labute approximate surface area is 147 Å². The number of amides is 2. The highest BCUT2D eigenvalue weighted by molar-refractivity contribution is 7.88. The standard InChI is InChI=1S/C16H23N3O5S/c1-16(2)23-13-7-6-11(9-14(13)24-16)17-15(20)18-12-5-4-8-19(10-12)25(3,21)22/h6-7,9,12H,4-5,8,10H2,1-3H3,(H2,17,18,20). The Kier molecular flexibility index (Phi) is 4.54. The van der Waals surface area contributed by atoms with Gasteiger partial charge in [-0.05, 0) is 25.0 Å². The van der Waals surface area contributed by atoms with Crippen LogP contribution in [0.3, 0.4) is 0 Å². The molecule has 1 saturated heterocycles. The van der Waals surface area contributed by atoms with E-state index < -0.39 is 15.8 Å². The van der Waals surface area contributed by atoms with Gasteiger partial charge in [-0.25, -0.2) is 17.5 Å². The molecule has 2 amide bonds. The number of carbonyl (C=O) groups excluding carboxylic acids is 1. The molecule has 138 valence electrons. The first-order valence-corrected chi connectivity index (χ1v) is 10.0. The van der Waals surface area contributed by atoms with Crippen LogP contribution in [0.1, 0.15) is 26.7 Å². The summed E-state index contributed by atoms with van der Waals surface area (Å²) in [4.78, 5) is 12.2. The fraction of sp³-hybridized carbons (Fsp3) is 0.562. The summed E-state index contributed by atoms with van der Waals surface area (Å²) in [6.45, 7) is 4.41. The maximum Gasteiger partial charge on any atom is 0.319 e. The third kappa shape index (κ3) is 4.35. The third-order valence-corrected chi connectivity index (χ3v) is 5.37. The topological polar surface area (TPSA) is 97.0 Å². The van der Waals surface area contributed by atoms with Crippen molar-refractivity contribution in [2.24, 2.45) is 0 Å². The molecule has 1 aromatic carbocycles. The first kappa shape index (κ1) is 17.8. The highest BCUT2D eigenvalue weighted by atomic mass is 32.2. The van der Waals surface area contributed by atoms with Gasteiger partial charge in [0.05, 0.1) is 6.26 Å². The van der Waals surface area contributed by atoms with Crippen LogP contribution in [0.2, 0.25) is 0 Å². The summed E-state index contributed by atoms with van der Waals surface area (Å²) in [6.07, 6.45) is 2.65. The van der Waals surface area contributed by atoms with Crippen molar-refractivity contribution in [3.05, 3.63) is 18.2 Å². The number of piperidine rings is 1. The van der Waals surface area contributed by atoms with Crippen molar-refractivity contribution < 1.29 is 22.7 Å². The van der Waals surface area contributed by atoms with E-state index in [0.29, 0.717) is 30.3 Å². The Hall–Kier alpha value is -2.00. The summed E-state index contributed by atoms with van der Waals surface area (Å²) in [6, 6.07) is 4.58. The number of nitrogens with zero attached hydrogens (tertiary/aromatic N) is 1. The lowest BCUT2D eigenvalue weighted by Gasteiger charge is -2.31. The molecule has 2 aliphatic rings. The van der Waals surface area contributed by atoms with Crippen molar-refractivity contribution in [1.29, 1.82) is 0 Å². The minimum Gasteiger partial charge on any atom is -0.449 e. The van der Waals surface area contributed by atoms with E-state index in [-0.39, 0.29) is 12.1 Å². The summed E-state index contributed by atoms with van der Waals surface area (Å²) in [5.74, 6) is 0.483. The molecule has 2 heterocycles. The van der Waals surface area contributed by atoms with Gasteiger partial charge in [0.2, 0.25) is 15.8 Å². The van der Waals surface area contributed by atoms with Crippen LogP contribution >= 0.6 is 0 Å². The lowest BCUT2D eigenvalue weighted by molar-refractivity contribution is -0.0431. The molecule has 0 spiro atoms. The molecule has 8 nitrogen and oxygen atoms in total. The van der Waals surface area contributed by atoms with Gasteiger partial charge in [-0.1, -0.05) is 0 Å². The van der Waals surface area contributed by atoms with E-state index in [2.05, 4.69) is 10.6 Å². The van der Waals surface area contributed by atoms with Gasteiger partial charge in [0, 0.05) is 44.7 Å². The van der Waals surface area contributed by atoms with Gasteiger partial charge in [-0.2, -0.15) is 0 Å². The van der Waals surface area contributed by atoms with Crippen molar-refractivity contribution in [1.82, 2.24) is 9.62 Å². The van der Waals surface area contributed by atoms with E-state index in [0.717, 1.165) is 12.8 Å². The van der Waals surface area contributed by atoms with Crippen molar-refractivity contribution in [3.63, 3.8) is 0 Å². The highest BCUT2D eigenvalue weighted by Crippen LogP contribution is 2.40. The first-order chi connectivity index (χ1) is 11.6. The average molecular weight is 369 g/mol. The minimum absolute atomic E-state index is 0.212. The van der Waals surface area contributed by atoms with E-state index in [9.17, 15) is 13.2 Å². The molecule has 25 heavy (non-hydrogen) atoms. The molecule has 2 aliphatic heterocycles. The van der Waals surface area contributed by atoms with Crippen molar-refractivity contribution in [2.75, 3.05) is 24.7 Å². The summed E-state index contributed by atoms with van der Waals surface area (Å²) in [5, 5.41) is 5.57. The number of fused-ring (bicyclic) bond motifs is 1. The van der Waals surface area contributed by atoms with Crippen LogP contribution in [0, 0.1) is 0 Å². The number of urea groups is 1. The van der Waals surface area contributed by atoms with Crippen LogP contribution < -0.4 is 20.1 Å². The zero-order chi connectivity index (χ0) is 18.2. The molecule has 1 unspecified atom stereocenters. The molecule has 1 aromatic rings. The predicted molar refractivity (Wildman–Crippen MR) is 93.4 cm³/mol. The first-order valence-electron chi connectivity index (χ1n) is 8.17. The van der Waals surface area contributed by atoms with Crippen LogP contribution in [0.15, 0.2) is 18.2 Å². The highest BCUT2D eigenvalue weighted by Gasteiger charge is 2.32. The van der Waals surface area contributed by atoms with Crippen LogP contribution in [0.25, 0.3) is 0 Å². The van der Waals surface area contributed by atoms with Crippen LogP contribution in [0.4, 0.5) is 10.5 Å². The molecular formula is C16H23N3O5S. The number of nitrogens with one attached hydrogen (secondary N) is 2. The number of rotatable bonds is 3.